The third-order valence-electron chi connectivity index (χ3n) is 10.5. The van der Waals surface area contributed by atoms with Gasteiger partial charge in [-0.1, -0.05) is 58.6 Å². The van der Waals surface area contributed by atoms with E-state index in [9.17, 15) is 32.7 Å². The molecule has 3 aromatic rings. The summed E-state index contributed by atoms with van der Waals surface area (Å²) in [5.74, 6) is -7.53. The Morgan fingerprint density at radius 2 is 1.57 bits per heavy atom. The number of amides is 4. The smallest absolute Gasteiger partial charge is 0.417 e. The van der Waals surface area contributed by atoms with Crippen LogP contribution in [0.4, 0.5) is 19.0 Å². The minimum atomic E-state index is -4.75. The lowest BCUT2D eigenvalue weighted by Crippen LogP contribution is -2.53. The molecule has 0 bridgehead atoms. The number of phenols is 1. The molecule has 3 heterocycles. The van der Waals surface area contributed by atoms with Gasteiger partial charge in [-0.3, -0.25) is 29.5 Å². The number of benzene rings is 2. The molecule has 15 heteroatoms. The van der Waals surface area contributed by atoms with Gasteiger partial charge >= 0.3 is 6.18 Å². The Morgan fingerprint density at radius 1 is 0.902 bits per heavy atom. The number of halogens is 6. The number of fused-ring (bicyclic) bond motifs is 4. The Morgan fingerprint density at radius 3 is 2.20 bits per heavy atom. The lowest BCUT2D eigenvalue weighted by molar-refractivity contribution is -0.146. The minimum absolute atomic E-state index is 0.0542. The molecule has 4 aliphatic rings. The Labute approximate surface area is 305 Å². The Balaban J connectivity index is 1.45. The van der Waals surface area contributed by atoms with Gasteiger partial charge in [-0.15, -0.1) is 0 Å². The molecule has 51 heavy (non-hydrogen) atoms. The van der Waals surface area contributed by atoms with Crippen molar-refractivity contribution in [2.24, 2.45) is 23.7 Å². The van der Waals surface area contributed by atoms with Crippen LogP contribution in [0.1, 0.15) is 56.2 Å². The number of hydrogen-bond acceptors (Lipinski definition) is 7. The van der Waals surface area contributed by atoms with Gasteiger partial charge in [0.15, 0.2) is 5.82 Å². The van der Waals surface area contributed by atoms with Gasteiger partial charge in [-0.2, -0.15) is 18.2 Å². The molecule has 7 rings (SSSR count). The number of carbonyl (C=O) groups excluding carboxylic acids is 4. The zero-order valence-corrected chi connectivity index (χ0v) is 29.5. The Bertz CT molecular complexity index is 2050. The van der Waals surface area contributed by atoms with Crippen LogP contribution < -0.4 is 5.43 Å². The molecule has 9 nitrogen and oxygen atoms in total. The molecule has 1 saturated carbocycles. The molecule has 1 aromatic heterocycles. The van der Waals surface area contributed by atoms with Gasteiger partial charge in [0, 0.05) is 33.3 Å². The van der Waals surface area contributed by atoms with Crippen molar-refractivity contribution < 1.29 is 37.5 Å². The lowest BCUT2D eigenvalue weighted by Gasteiger charge is -2.50. The van der Waals surface area contributed by atoms with E-state index in [0.717, 1.165) is 0 Å². The van der Waals surface area contributed by atoms with Crippen LogP contribution in [0.3, 0.4) is 0 Å². The fourth-order valence-electron chi connectivity index (χ4n) is 8.55. The van der Waals surface area contributed by atoms with Crippen LogP contribution in [0.2, 0.25) is 15.1 Å². The van der Waals surface area contributed by atoms with Gasteiger partial charge in [-0.05, 0) is 81.5 Å². The third kappa shape index (κ3) is 5.32. The number of allylic oxidation sites excluding steroid dienone is 2. The molecular formula is C36H30Cl3F3N4O5. The molecular weight excluding hydrogens is 732 g/mol. The van der Waals surface area contributed by atoms with Crippen LogP contribution in [0.5, 0.6) is 5.75 Å². The van der Waals surface area contributed by atoms with Crippen molar-refractivity contribution in [2.75, 3.05) is 5.43 Å². The second-order valence-corrected chi connectivity index (χ2v) is 15.6. The van der Waals surface area contributed by atoms with Crippen LogP contribution in [-0.4, -0.2) is 49.2 Å². The van der Waals surface area contributed by atoms with E-state index in [4.69, 9.17) is 34.8 Å². The van der Waals surface area contributed by atoms with E-state index in [1.54, 1.807) is 45.0 Å². The summed E-state index contributed by atoms with van der Waals surface area (Å²) in [6, 6.07) is 11.3. The second kappa shape index (κ2) is 12.0. The summed E-state index contributed by atoms with van der Waals surface area (Å²) in [6.07, 6.45) is -2.29. The third-order valence-corrected chi connectivity index (χ3v) is 11.3. The number of rotatable bonds is 4. The number of imide groups is 2. The fourth-order valence-corrected chi connectivity index (χ4v) is 9.06. The van der Waals surface area contributed by atoms with Crippen LogP contribution in [0, 0.1) is 23.7 Å². The highest BCUT2D eigenvalue weighted by molar-refractivity contribution is 6.33. The van der Waals surface area contributed by atoms with Gasteiger partial charge in [0.1, 0.15) is 5.75 Å². The summed E-state index contributed by atoms with van der Waals surface area (Å²) in [7, 11) is 0. The summed E-state index contributed by atoms with van der Waals surface area (Å²) >= 11 is 19.0. The number of pyridine rings is 1. The number of likely N-dealkylation sites (tertiary alicyclic amines) is 1. The van der Waals surface area contributed by atoms with E-state index >= 15 is 4.79 Å². The molecule has 2 aliphatic carbocycles. The summed E-state index contributed by atoms with van der Waals surface area (Å²) in [4.78, 5) is 62.8. The number of phenolic OH excluding ortho intramolecular Hbond substituents is 1. The molecule has 2 aliphatic heterocycles. The molecule has 0 spiro atoms. The number of hydrazine groups is 1. The highest BCUT2D eigenvalue weighted by atomic mass is 35.5. The van der Waals surface area contributed by atoms with Crippen molar-refractivity contribution in [1.29, 1.82) is 0 Å². The molecule has 266 valence electrons. The van der Waals surface area contributed by atoms with Crippen molar-refractivity contribution in [1.82, 2.24) is 14.9 Å². The monoisotopic (exact) mass is 760 g/mol. The maximum atomic E-state index is 15.2. The first-order chi connectivity index (χ1) is 23.9. The zero-order chi connectivity index (χ0) is 36.9. The summed E-state index contributed by atoms with van der Waals surface area (Å²) in [6.45, 7) is 5.28. The SMILES string of the molecule is CC(C)(C)N1C(=O)[C@H]2[C@H](CC=C3[C@H]2C[C@H]2C(=O)N(Nc4ncc(C(F)(F)F)cc4Cl)C(=O)[C@@]2(c2ccc(Cl)cc2)[C@H]3c2cc(Cl)ccc2O)C1=O. The maximum absolute atomic E-state index is 15.2. The number of carbonyl (C=O) groups is 4. The molecule has 0 radical (unpaired) electrons. The molecule has 2 N–H and O–H groups in total. The Hall–Kier alpha value is -4.13. The second-order valence-electron chi connectivity index (χ2n) is 14.3. The summed E-state index contributed by atoms with van der Waals surface area (Å²) in [5, 5.41) is 12.2. The van der Waals surface area contributed by atoms with Crippen molar-refractivity contribution in [3.8, 4) is 5.75 Å². The highest BCUT2D eigenvalue weighted by Crippen LogP contribution is 2.65. The standard InChI is InChI=1S/C36H30Cl3F3N4O5/c1-34(2,3)45-30(48)21-10-9-20-22(27(21)32(45)50)14-24-31(49)46(44-29-25(39)12-17(15-43-29)36(40,41)42)33(51)35(24,16-4-6-18(37)7-5-16)28(20)23-13-19(38)8-11-26(23)47/h4-9,11-13,15,21-22,24,27-28,47H,10,14H2,1-3H3,(H,43,44)/t21-,22+,24-,27-,28+,35+/m0/s1. The van der Waals surface area contributed by atoms with Crippen molar-refractivity contribution in [2.45, 2.75) is 56.7 Å². The summed E-state index contributed by atoms with van der Waals surface area (Å²) in [5.41, 5.74) is -0.0611. The average Bonchev–Trinajstić information content (AvgIpc) is 3.44. The summed E-state index contributed by atoms with van der Waals surface area (Å²) < 4.78 is 40.2. The van der Waals surface area contributed by atoms with Gasteiger partial charge in [-0.25, -0.2) is 4.98 Å². The molecule has 2 aromatic carbocycles. The molecule has 6 atom stereocenters. The number of nitrogens with zero attached hydrogens (tertiary/aromatic N) is 3. The highest BCUT2D eigenvalue weighted by Gasteiger charge is 2.71. The fraction of sp³-hybridized carbons (Fsp3) is 0.361. The van der Waals surface area contributed by atoms with E-state index in [2.05, 4.69) is 10.4 Å². The predicted molar refractivity (Wildman–Crippen MR) is 182 cm³/mol. The molecule has 3 fully saturated rings. The van der Waals surface area contributed by atoms with Crippen LogP contribution in [0.25, 0.3) is 0 Å². The number of aromatic nitrogens is 1. The van der Waals surface area contributed by atoms with Crippen LogP contribution >= 0.6 is 34.8 Å². The number of hydrogen-bond donors (Lipinski definition) is 2. The topological polar surface area (TPSA) is 120 Å². The Kier molecular flexibility index (Phi) is 8.27. The minimum Gasteiger partial charge on any atom is -0.508 e. The van der Waals surface area contributed by atoms with Gasteiger partial charge in [0.2, 0.25) is 11.8 Å². The number of nitrogens with one attached hydrogen (secondary N) is 1. The molecule has 4 amide bonds. The largest absolute Gasteiger partial charge is 0.508 e. The van der Waals surface area contributed by atoms with E-state index in [1.807, 2.05) is 6.08 Å². The number of aromatic hydroxyl groups is 1. The van der Waals surface area contributed by atoms with Gasteiger partial charge in [0.05, 0.1) is 33.8 Å². The average molecular weight is 762 g/mol. The quantitative estimate of drug-likeness (QED) is 0.208. The molecule has 2 saturated heterocycles. The lowest BCUT2D eigenvalue weighted by atomic mass is 9.49. The maximum Gasteiger partial charge on any atom is 0.417 e. The van der Waals surface area contributed by atoms with Gasteiger partial charge < -0.3 is 5.11 Å². The normalized spacial score (nSPS) is 27.7. The van der Waals surface area contributed by atoms with E-state index in [1.165, 1.54) is 23.1 Å². The van der Waals surface area contributed by atoms with Crippen LogP contribution in [-0.2, 0) is 30.8 Å². The number of anilines is 1. The van der Waals surface area contributed by atoms with E-state index < -0.39 is 75.0 Å². The van der Waals surface area contributed by atoms with Crippen LogP contribution in [0.15, 0.2) is 66.4 Å². The first-order valence-electron chi connectivity index (χ1n) is 16.1. The van der Waals surface area contributed by atoms with Crippen molar-refractivity contribution in [3.05, 3.63) is 98.1 Å². The molecule has 0 unspecified atom stereocenters. The van der Waals surface area contributed by atoms with Crippen molar-refractivity contribution >= 4 is 64.2 Å². The first kappa shape index (κ1) is 35.3. The zero-order valence-electron chi connectivity index (χ0n) is 27.3. The predicted octanol–water partition coefficient (Wildman–Crippen LogP) is 7.55. The first-order valence-corrected chi connectivity index (χ1v) is 17.2. The van der Waals surface area contributed by atoms with E-state index in [-0.39, 0.29) is 40.9 Å². The number of alkyl halides is 3. The van der Waals surface area contributed by atoms with Crippen molar-refractivity contribution in [3.63, 3.8) is 0 Å². The van der Waals surface area contributed by atoms with E-state index in [0.29, 0.717) is 33.4 Å². The van der Waals surface area contributed by atoms with Gasteiger partial charge in [0.25, 0.3) is 11.8 Å².